The van der Waals surface area contributed by atoms with E-state index >= 15 is 0 Å². The highest BCUT2D eigenvalue weighted by molar-refractivity contribution is 5.92. The summed E-state index contributed by atoms with van der Waals surface area (Å²) in [5, 5.41) is 0. The number of fused-ring (bicyclic) bond motifs is 2. The quantitative estimate of drug-likeness (QED) is 0.312. The normalized spacial score (nSPS) is 12.1. The van der Waals surface area contributed by atoms with Crippen molar-refractivity contribution in [2.24, 2.45) is 5.41 Å². The first kappa shape index (κ1) is 22.6. The second-order valence-corrected chi connectivity index (χ2v) is 11.0. The molecule has 0 unspecified atom stereocenters. The Labute approximate surface area is 194 Å². The van der Waals surface area contributed by atoms with Crippen molar-refractivity contribution in [1.82, 2.24) is 29.9 Å². The summed E-state index contributed by atoms with van der Waals surface area (Å²) in [6.07, 6.45) is 5.45. The predicted octanol–water partition coefficient (Wildman–Crippen LogP) is 6.91. The molecule has 0 aliphatic carbocycles. The summed E-state index contributed by atoms with van der Waals surface area (Å²) in [5.41, 5.74) is 8.19. The summed E-state index contributed by atoms with van der Waals surface area (Å²) in [6.45, 7) is 15.3. The first-order chi connectivity index (χ1) is 15.5. The Morgan fingerprint density at radius 1 is 0.697 bits per heavy atom. The number of nitrogens with zero attached hydrogens (tertiary/aromatic N) is 4. The lowest BCUT2D eigenvalue weighted by molar-refractivity contribution is 0.469. The van der Waals surface area contributed by atoms with Gasteiger partial charge in [-0.25, -0.2) is 9.97 Å². The van der Waals surface area contributed by atoms with Gasteiger partial charge in [0.15, 0.2) is 0 Å². The summed E-state index contributed by atoms with van der Waals surface area (Å²) in [6, 6.07) is 12.1. The SMILES string of the molecule is CC(C)(C)C.CC(C)(C)c1ccc(-c2ccc(-c3nc4cc5nc[nH]c5cc4[nH]3)cn2)nc1. The lowest BCUT2D eigenvalue weighted by Crippen LogP contribution is -2.11. The van der Waals surface area contributed by atoms with Gasteiger partial charge in [-0.2, -0.15) is 0 Å². The summed E-state index contributed by atoms with van der Waals surface area (Å²) in [7, 11) is 0. The minimum absolute atomic E-state index is 0.0884. The Morgan fingerprint density at radius 3 is 1.94 bits per heavy atom. The van der Waals surface area contributed by atoms with Crippen molar-refractivity contribution in [3.05, 3.63) is 60.7 Å². The van der Waals surface area contributed by atoms with E-state index in [0.717, 1.165) is 44.8 Å². The van der Waals surface area contributed by atoms with Gasteiger partial charge in [-0.1, -0.05) is 54.5 Å². The van der Waals surface area contributed by atoms with Crippen LogP contribution in [0.25, 0.3) is 44.8 Å². The zero-order chi connectivity index (χ0) is 23.8. The first-order valence-corrected chi connectivity index (χ1v) is 11.2. The molecule has 0 amide bonds. The van der Waals surface area contributed by atoms with Gasteiger partial charge in [0, 0.05) is 18.0 Å². The number of hydrogen-bond donors (Lipinski definition) is 2. The Kier molecular flexibility index (Phi) is 5.78. The predicted molar refractivity (Wildman–Crippen MR) is 136 cm³/mol. The van der Waals surface area contributed by atoms with Crippen LogP contribution in [0.2, 0.25) is 0 Å². The van der Waals surface area contributed by atoms with Crippen LogP contribution in [0.3, 0.4) is 0 Å². The molecule has 4 heterocycles. The lowest BCUT2D eigenvalue weighted by atomic mass is 9.88. The highest BCUT2D eigenvalue weighted by Crippen LogP contribution is 2.26. The third kappa shape index (κ3) is 5.45. The van der Waals surface area contributed by atoms with Crippen LogP contribution in [0.4, 0.5) is 0 Å². The van der Waals surface area contributed by atoms with E-state index in [1.165, 1.54) is 5.56 Å². The van der Waals surface area contributed by atoms with Crippen LogP contribution in [0.15, 0.2) is 55.1 Å². The molecule has 170 valence electrons. The van der Waals surface area contributed by atoms with Crippen molar-refractivity contribution in [2.45, 2.75) is 53.9 Å². The number of imidazole rings is 2. The fourth-order valence-electron chi connectivity index (χ4n) is 3.25. The number of rotatable bonds is 2. The zero-order valence-corrected chi connectivity index (χ0v) is 20.5. The molecule has 6 heteroatoms. The van der Waals surface area contributed by atoms with E-state index in [9.17, 15) is 0 Å². The topological polar surface area (TPSA) is 83.1 Å². The monoisotopic (exact) mass is 440 g/mol. The summed E-state index contributed by atoms with van der Waals surface area (Å²) < 4.78 is 0. The molecular formula is C27H32N6. The van der Waals surface area contributed by atoms with Crippen LogP contribution in [0, 0.1) is 5.41 Å². The number of benzene rings is 1. The summed E-state index contributed by atoms with van der Waals surface area (Å²) in [4.78, 5) is 24.6. The molecule has 0 aliphatic heterocycles. The highest BCUT2D eigenvalue weighted by atomic mass is 14.9. The molecule has 6 nitrogen and oxygen atoms in total. The average Bonchev–Trinajstić information content (AvgIpc) is 3.36. The maximum atomic E-state index is 4.69. The number of aromatic amines is 2. The van der Waals surface area contributed by atoms with E-state index < -0.39 is 0 Å². The molecule has 0 fully saturated rings. The summed E-state index contributed by atoms with van der Waals surface area (Å²) >= 11 is 0. The first-order valence-electron chi connectivity index (χ1n) is 11.2. The van der Waals surface area contributed by atoms with Crippen LogP contribution in [-0.2, 0) is 5.41 Å². The maximum Gasteiger partial charge on any atom is 0.140 e. The molecule has 0 saturated carbocycles. The van der Waals surface area contributed by atoms with Crippen LogP contribution < -0.4 is 0 Å². The van der Waals surface area contributed by atoms with Gasteiger partial charge < -0.3 is 9.97 Å². The van der Waals surface area contributed by atoms with E-state index in [1.807, 2.05) is 42.7 Å². The van der Waals surface area contributed by atoms with Crippen LogP contribution in [0.5, 0.6) is 0 Å². The molecule has 0 aliphatic rings. The molecular weight excluding hydrogens is 408 g/mol. The van der Waals surface area contributed by atoms with Crippen molar-refractivity contribution < 1.29 is 0 Å². The van der Waals surface area contributed by atoms with Gasteiger partial charge in [-0.3, -0.25) is 9.97 Å². The largest absolute Gasteiger partial charge is 0.345 e. The number of hydrogen-bond acceptors (Lipinski definition) is 4. The second-order valence-electron chi connectivity index (χ2n) is 11.0. The number of nitrogens with one attached hydrogen (secondary N) is 2. The Balaban J connectivity index is 0.000000471. The van der Waals surface area contributed by atoms with Crippen molar-refractivity contribution in [3.8, 4) is 22.8 Å². The van der Waals surface area contributed by atoms with Crippen molar-refractivity contribution >= 4 is 22.1 Å². The van der Waals surface area contributed by atoms with Gasteiger partial charge >= 0.3 is 0 Å². The molecule has 0 radical (unpaired) electrons. The fourth-order valence-corrected chi connectivity index (χ4v) is 3.25. The molecule has 5 rings (SSSR count). The van der Waals surface area contributed by atoms with E-state index in [2.05, 4.69) is 84.4 Å². The van der Waals surface area contributed by atoms with Gasteiger partial charge in [0.05, 0.1) is 39.8 Å². The smallest absolute Gasteiger partial charge is 0.140 e. The maximum absolute atomic E-state index is 4.69. The lowest BCUT2D eigenvalue weighted by Gasteiger charge is -2.18. The van der Waals surface area contributed by atoms with E-state index in [4.69, 9.17) is 0 Å². The van der Waals surface area contributed by atoms with Crippen molar-refractivity contribution in [3.63, 3.8) is 0 Å². The Bertz CT molecular complexity index is 1310. The average molecular weight is 441 g/mol. The van der Waals surface area contributed by atoms with Crippen LogP contribution in [-0.4, -0.2) is 29.9 Å². The molecule has 5 aromatic rings. The Morgan fingerprint density at radius 2 is 1.36 bits per heavy atom. The van der Waals surface area contributed by atoms with Gasteiger partial charge in [-0.05, 0) is 46.7 Å². The fraction of sp³-hybridized carbons (Fsp3) is 0.333. The molecule has 0 atom stereocenters. The number of pyridine rings is 2. The summed E-state index contributed by atoms with van der Waals surface area (Å²) in [5.74, 6) is 0.790. The molecule has 0 saturated heterocycles. The third-order valence-electron chi connectivity index (χ3n) is 4.95. The number of aromatic nitrogens is 6. The molecule has 4 aromatic heterocycles. The third-order valence-corrected chi connectivity index (χ3v) is 4.95. The van der Waals surface area contributed by atoms with Gasteiger partial charge in [0.2, 0.25) is 0 Å². The molecule has 0 spiro atoms. The minimum atomic E-state index is 0.0884. The molecule has 0 bridgehead atoms. The van der Waals surface area contributed by atoms with E-state index in [0.29, 0.717) is 5.41 Å². The van der Waals surface area contributed by atoms with Crippen LogP contribution in [0.1, 0.15) is 54.0 Å². The highest BCUT2D eigenvalue weighted by Gasteiger charge is 2.14. The van der Waals surface area contributed by atoms with Gasteiger partial charge in [-0.15, -0.1) is 0 Å². The van der Waals surface area contributed by atoms with E-state index in [1.54, 1.807) is 6.33 Å². The molecule has 2 N–H and O–H groups in total. The van der Waals surface area contributed by atoms with Gasteiger partial charge in [0.1, 0.15) is 5.82 Å². The van der Waals surface area contributed by atoms with Gasteiger partial charge in [0.25, 0.3) is 0 Å². The zero-order valence-electron chi connectivity index (χ0n) is 20.5. The number of H-pyrrole nitrogens is 2. The Hall–Kier alpha value is -3.54. The molecule has 33 heavy (non-hydrogen) atoms. The standard InChI is InChI=1S/C22H20N6.C5H12/c1-22(2,3)14-5-7-16(24-11-14)15-6-4-13(10-23-15)21-27-19-8-17-18(26-12-25-17)9-20(19)28-21;1-5(2,3)4/h4-12H,1-3H3,(H,25,26)(H,27,28);1-4H3. The van der Waals surface area contributed by atoms with Crippen molar-refractivity contribution in [2.75, 3.05) is 0 Å². The van der Waals surface area contributed by atoms with Crippen molar-refractivity contribution in [1.29, 1.82) is 0 Å². The second kappa shape index (κ2) is 8.43. The molecule has 1 aromatic carbocycles. The minimum Gasteiger partial charge on any atom is -0.345 e. The van der Waals surface area contributed by atoms with E-state index in [-0.39, 0.29) is 5.41 Å². The van der Waals surface area contributed by atoms with Crippen LogP contribution >= 0.6 is 0 Å².